The molecule has 1 aliphatic rings. The van der Waals surface area contributed by atoms with Gasteiger partial charge in [-0.3, -0.25) is 0 Å². The summed E-state index contributed by atoms with van der Waals surface area (Å²) in [4.78, 5) is 16.7. The van der Waals surface area contributed by atoms with E-state index in [2.05, 4.69) is 20.7 Å². The first-order valence-electron chi connectivity index (χ1n) is 14.2. The molecule has 11 heteroatoms. The molecule has 2 heterocycles. The Balaban J connectivity index is 1.47. The number of ether oxygens (including phenoxy) is 1. The number of nitrogens with two attached hydrogens (primary N) is 1. The van der Waals surface area contributed by atoms with Crippen LogP contribution in [0.2, 0.25) is 5.02 Å². The maximum atomic E-state index is 14.0. The lowest BCUT2D eigenvalue weighted by Gasteiger charge is -2.31. The van der Waals surface area contributed by atoms with Gasteiger partial charge in [-0.05, 0) is 94.8 Å². The number of halogens is 2. The third kappa shape index (κ3) is 7.19. The number of amidine groups is 1. The van der Waals surface area contributed by atoms with E-state index >= 15 is 0 Å². The summed E-state index contributed by atoms with van der Waals surface area (Å²) in [6.45, 7) is 7.46. The molecule has 43 heavy (non-hydrogen) atoms. The average molecular weight is 607 g/mol. The standard InChI is InChI=1S/C32H36ClFN6O3/c1-18-13-23(41)10-11-24(18)19-14-28-29(37-21-6-8-22(9-7-21)38-31(42)43-32(2,3)4)25(16-36-40(28)17-19)30(35)39-27-15-20(34)5-12-26(27)33/h5,10-17,21-22,37,41H,6-9H2,1-4H3,(H2,35,39)(H,38,42)/t21-,22-. The third-order valence-corrected chi connectivity index (χ3v) is 7.70. The van der Waals surface area contributed by atoms with E-state index in [9.17, 15) is 14.3 Å². The Morgan fingerprint density at radius 3 is 2.56 bits per heavy atom. The first kappa shape index (κ1) is 30.2. The lowest BCUT2D eigenvalue weighted by Crippen LogP contribution is -2.42. The molecule has 4 aromatic rings. The molecule has 0 radical (unpaired) electrons. The van der Waals surface area contributed by atoms with Crippen LogP contribution in [0, 0.1) is 12.7 Å². The fraction of sp³-hybridized carbons (Fsp3) is 0.344. The van der Waals surface area contributed by atoms with Crippen molar-refractivity contribution in [2.75, 3.05) is 5.32 Å². The second-order valence-corrected chi connectivity index (χ2v) is 12.3. The first-order chi connectivity index (χ1) is 20.4. The minimum absolute atomic E-state index is 0.0176. The van der Waals surface area contributed by atoms with Gasteiger partial charge in [0.2, 0.25) is 0 Å². The molecule has 0 aliphatic heterocycles. The molecule has 0 atom stereocenters. The van der Waals surface area contributed by atoms with E-state index in [1.807, 2.05) is 46.0 Å². The van der Waals surface area contributed by atoms with Gasteiger partial charge in [-0.25, -0.2) is 18.7 Å². The normalized spacial score (nSPS) is 17.6. The van der Waals surface area contributed by atoms with Crippen molar-refractivity contribution in [1.29, 1.82) is 0 Å². The second-order valence-electron chi connectivity index (χ2n) is 11.9. The number of phenols is 1. The van der Waals surface area contributed by atoms with Crippen LogP contribution in [-0.2, 0) is 4.74 Å². The van der Waals surface area contributed by atoms with E-state index in [-0.39, 0.29) is 34.4 Å². The molecular formula is C32H36ClFN6O3. The van der Waals surface area contributed by atoms with Crippen molar-refractivity contribution >= 4 is 40.4 Å². The summed E-state index contributed by atoms with van der Waals surface area (Å²) in [6.07, 6.45) is 6.28. The third-order valence-electron chi connectivity index (χ3n) is 7.38. The molecule has 0 saturated heterocycles. The highest BCUT2D eigenvalue weighted by Gasteiger charge is 2.26. The van der Waals surface area contributed by atoms with Crippen LogP contribution in [-0.4, -0.2) is 44.3 Å². The van der Waals surface area contributed by atoms with Gasteiger partial charge in [0.15, 0.2) is 0 Å². The number of carbonyl (C=O) groups excluding carboxylic acids is 1. The maximum Gasteiger partial charge on any atom is 0.407 e. The van der Waals surface area contributed by atoms with Crippen LogP contribution in [0.4, 0.5) is 20.6 Å². The molecule has 0 spiro atoms. The van der Waals surface area contributed by atoms with E-state index < -0.39 is 17.5 Å². The maximum absolute atomic E-state index is 14.0. The predicted octanol–water partition coefficient (Wildman–Crippen LogP) is 7.09. The van der Waals surface area contributed by atoms with Gasteiger partial charge in [-0.2, -0.15) is 5.10 Å². The van der Waals surface area contributed by atoms with Crippen molar-refractivity contribution in [1.82, 2.24) is 14.9 Å². The number of anilines is 1. The number of fused-ring (bicyclic) bond motifs is 1. The number of hydrogen-bond donors (Lipinski definition) is 4. The highest BCUT2D eigenvalue weighted by atomic mass is 35.5. The van der Waals surface area contributed by atoms with Crippen LogP contribution < -0.4 is 16.4 Å². The van der Waals surface area contributed by atoms with Gasteiger partial charge in [0.05, 0.1) is 33.7 Å². The van der Waals surface area contributed by atoms with Gasteiger partial charge < -0.3 is 26.2 Å². The van der Waals surface area contributed by atoms with Crippen molar-refractivity contribution in [2.24, 2.45) is 10.7 Å². The van der Waals surface area contributed by atoms with Gasteiger partial charge in [0, 0.05) is 29.9 Å². The van der Waals surface area contributed by atoms with E-state index in [1.165, 1.54) is 18.2 Å². The topological polar surface area (TPSA) is 126 Å². The highest BCUT2D eigenvalue weighted by Crippen LogP contribution is 2.34. The first-order valence-corrected chi connectivity index (χ1v) is 14.6. The Bertz CT molecular complexity index is 1690. The summed E-state index contributed by atoms with van der Waals surface area (Å²) < 4.78 is 21.2. The molecule has 1 fully saturated rings. The zero-order chi connectivity index (χ0) is 30.9. The number of amides is 1. The zero-order valence-corrected chi connectivity index (χ0v) is 25.4. The molecule has 2 aromatic carbocycles. The van der Waals surface area contributed by atoms with Crippen molar-refractivity contribution in [3.05, 3.63) is 76.8 Å². The summed E-state index contributed by atoms with van der Waals surface area (Å²) in [5, 5.41) is 21.4. The quantitative estimate of drug-likeness (QED) is 0.137. The Hall–Kier alpha value is -4.31. The SMILES string of the molecule is Cc1cc(O)ccc1-c1cc2c(N[C@H]3CC[C@H](NC(=O)OC(C)(C)C)CC3)c(/C(N)=N/c3cc(F)ccc3Cl)cnn2c1. The minimum atomic E-state index is -0.558. The number of aromatic hydroxyl groups is 1. The molecule has 9 nitrogen and oxygen atoms in total. The monoisotopic (exact) mass is 606 g/mol. The summed E-state index contributed by atoms with van der Waals surface area (Å²) in [5.41, 5.74) is 11.0. The largest absolute Gasteiger partial charge is 0.508 e. The molecule has 1 saturated carbocycles. The highest BCUT2D eigenvalue weighted by molar-refractivity contribution is 6.33. The number of benzene rings is 2. The number of aliphatic imine (C=N–C) groups is 1. The van der Waals surface area contributed by atoms with Crippen molar-refractivity contribution < 1.29 is 19.0 Å². The number of alkyl carbamates (subject to hydrolysis) is 1. The summed E-state index contributed by atoms with van der Waals surface area (Å²) >= 11 is 6.28. The molecule has 0 unspecified atom stereocenters. The summed E-state index contributed by atoms with van der Waals surface area (Å²) in [6, 6.07) is 11.3. The number of rotatable bonds is 6. The van der Waals surface area contributed by atoms with Crippen molar-refractivity contribution in [2.45, 2.75) is 71.1 Å². The lowest BCUT2D eigenvalue weighted by molar-refractivity contribution is 0.0492. The van der Waals surface area contributed by atoms with Crippen LogP contribution in [0.15, 0.2) is 59.9 Å². The Morgan fingerprint density at radius 2 is 1.86 bits per heavy atom. The second kappa shape index (κ2) is 12.1. The van der Waals surface area contributed by atoms with Crippen LogP contribution in [0.25, 0.3) is 16.6 Å². The van der Waals surface area contributed by atoms with Crippen LogP contribution in [0.5, 0.6) is 5.75 Å². The van der Waals surface area contributed by atoms with E-state index in [0.717, 1.165) is 53.6 Å². The van der Waals surface area contributed by atoms with Gasteiger partial charge in [0.25, 0.3) is 0 Å². The van der Waals surface area contributed by atoms with Gasteiger partial charge in [-0.15, -0.1) is 0 Å². The summed E-state index contributed by atoms with van der Waals surface area (Å²) in [7, 11) is 0. The Labute approximate surface area is 254 Å². The fourth-order valence-electron chi connectivity index (χ4n) is 5.34. The fourth-order valence-corrected chi connectivity index (χ4v) is 5.50. The molecule has 1 aliphatic carbocycles. The summed E-state index contributed by atoms with van der Waals surface area (Å²) in [5.74, 6) is -0.140. The van der Waals surface area contributed by atoms with E-state index in [1.54, 1.807) is 22.8 Å². The van der Waals surface area contributed by atoms with Crippen LogP contribution in [0.3, 0.4) is 0 Å². The minimum Gasteiger partial charge on any atom is -0.508 e. The lowest BCUT2D eigenvalue weighted by atomic mass is 9.91. The Kier molecular flexibility index (Phi) is 8.50. The molecule has 5 N–H and O–H groups in total. The van der Waals surface area contributed by atoms with Crippen molar-refractivity contribution in [3.8, 4) is 16.9 Å². The molecule has 5 rings (SSSR count). The van der Waals surface area contributed by atoms with Gasteiger partial charge in [0.1, 0.15) is 23.0 Å². The smallest absolute Gasteiger partial charge is 0.407 e. The molecular weight excluding hydrogens is 571 g/mol. The predicted molar refractivity (Wildman–Crippen MR) is 168 cm³/mol. The van der Waals surface area contributed by atoms with E-state index in [0.29, 0.717) is 5.56 Å². The molecule has 0 bridgehead atoms. The van der Waals surface area contributed by atoms with Gasteiger partial charge in [-0.1, -0.05) is 17.7 Å². The van der Waals surface area contributed by atoms with Crippen LogP contribution >= 0.6 is 11.6 Å². The molecule has 1 amide bonds. The number of nitrogens with one attached hydrogen (secondary N) is 2. The van der Waals surface area contributed by atoms with E-state index in [4.69, 9.17) is 22.1 Å². The zero-order valence-electron chi connectivity index (χ0n) is 24.6. The number of carbonyl (C=O) groups is 1. The number of aromatic nitrogens is 2. The number of aryl methyl sites for hydroxylation is 1. The Morgan fingerprint density at radius 1 is 1.14 bits per heavy atom. The number of nitrogens with zero attached hydrogens (tertiary/aromatic N) is 3. The average Bonchev–Trinajstić information content (AvgIpc) is 3.35. The van der Waals surface area contributed by atoms with Crippen molar-refractivity contribution in [3.63, 3.8) is 0 Å². The number of phenolic OH excluding ortho intramolecular Hbond substituents is 1. The van der Waals surface area contributed by atoms with Crippen LogP contribution in [0.1, 0.15) is 57.6 Å². The van der Waals surface area contributed by atoms with Gasteiger partial charge >= 0.3 is 6.09 Å². The number of hydrogen-bond acceptors (Lipinski definition) is 6. The molecule has 226 valence electrons. The molecule has 2 aromatic heterocycles.